The van der Waals surface area contributed by atoms with Crippen molar-refractivity contribution in [3.05, 3.63) is 34.4 Å². The molecule has 1 aromatic carbocycles. The van der Waals surface area contributed by atoms with Gasteiger partial charge in [-0.15, -0.1) is 0 Å². The molecule has 1 fully saturated rings. The van der Waals surface area contributed by atoms with E-state index in [1.165, 1.54) is 31.3 Å². The summed E-state index contributed by atoms with van der Waals surface area (Å²) in [5.41, 5.74) is -0.416. The summed E-state index contributed by atoms with van der Waals surface area (Å²) in [4.78, 5) is 9.83. The molecular weight excluding hydrogens is 260 g/mol. The summed E-state index contributed by atoms with van der Waals surface area (Å²) in [5, 5.41) is 10.8. The third-order valence-corrected chi connectivity index (χ3v) is 4.48. The van der Waals surface area contributed by atoms with Crippen molar-refractivity contribution in [3.8, 4) is 0 Å². The van der Waals surface area contributed by atoms with Gasteiger partial charge in [-0.2, -0.15) is 4.31 Å². The Morgan fingerprint density at radius 3 is 2.67 bits per heavy atom. The van der Waals surface area contributed by atoms with Crippen molar-refractivity contribution in [1.82, 2.24) is 4.31 Å². The van der Waals surface area contributed by atoms with E-state index in [0.29, 0.717) is 6.61 Å². The first kappa shape index (κ1) is 12.9. The lowest BCUT2D eigenvalue weighted by Crippen LogP contribution is -2.31. The van der Waals surface area contributed by atoms with Crippen LogP contribution >= 0.6 is 0 Å². The molecule has 0 bridgehead atoms. The van der Waals surface area contributed by atoms with Gasteiger partial charge in [-0.1, -0.05) is 12.1 Å². The van der Waals surface area contributed by atoms with Crippen LogP contribution in [0.3, 0.4) is 0 Å². The van der Waals surface area contributed by atoms with Gasteiger partial charge in [0.25, 0.3) is 5.69 Å². The fraction of sp³-hybridized carbons (Fsp3) is 0.400. The number of hydrogen-bond donors (Lipinski definition) is 0. The first-order valence-corrected chi connectivity index (χ1v) is 6.68. The molecular formula is C10H12N2O5S. The molecule has 0 saturated carbocycles. The molecule has 2 rings (SSSR count). The zero-order valence-electron chi connectivity index (χ0n) is 9.64. The van der Waals surface area contributed by atoms with E-state index < -0.39 is 20.6 Å². The van der Waals surface area contributed by atoms with E-state index in [1.54, 1.807) is 0 Å². The van der Waals surface area contributed by atoms with Crippen LogP contribution in [0, 0.1) is 10.1 Å². The van der Waals surface area contributed by atoms with E-state index >= 15 is 0 Å². The number of nitrogens with zero attached hydrogens (tertiary/aromatic N) is 2. The highest BCUT2D eigenvalue weighted by atomic mass is 32.2. The molecule has 1 aliphatic heterocycles. The summed E-state index contributed by atoms with van der Waals surface area (Å²) in [5.74, 6) is 0. The maximum atomic E-state index is 12.2. The molecule has 0 spiro atoms. The summed E-state index contributed by atoms with van der Waals surface area (Å²) in [6.45, 7) is 0.727. The molecule has 8 heteroatoms. The Kier molecular flexibility index (Phi) is 3.33. The maximum Gasteiger partial charge on any atom is 0.289 e. The Bertz CT molecular complexity index is 567. The highest BCUT2D eigenvalue weighted by molar-refractivity contribution is 7.89. The number of ether oxygens (including phenoxy) is 1. The average Bonchev–Trinajstić information content (AvgIpc) is 3.12. The number of hydrogen-bond acceptors (Lipinski definition) is 5. The second-order valence-corrected chi connectivity index (χ2v) is 5.98. The predicted octanol–water partition coefficient (Wildman–Crippen LogP) is 0.614. The van der Waals surface area contributed by atoms with Crippen LogP contribution < -0.4 is 0 Å². The van der Waals surface area contributed by atoms with E-state index in [2.05, 4.69) is 0 Å². The van der Waals surface area contributed by atoms with E-state index in [9.17, 15) is 18.5 Å². The van der Waals surface area contributed by atoms with Gasteiger partial charge in [-0.3, -0.25) is 10.1 Å². The summed E-state index contributed by atoms with van der Waals surface area (Å²) < 4.78 is 30.4. The molecule has 98 valence electrons. The van der Waals surface area contributed by atoms with Crippen molar-refractivity contribution in [3.63, 3.8) is 0 Å². The molecule has 1 saturated heterocycles. The van der Waals surface area contributed by atoms with Gasteiger partial charge in [0.05, 0.1) is 17.6 Å². The van der Waals surface area contributed by atoms with Crippen LogP contribution in [0.2, 0.25) is 0 Å². The number of benzene rings is 1. The van der Waals surface area contributed by atoms with E-state index in [1.807, 2.05) is 0 Å². The molecule has 1 heterocycles. The van der Waals surface area contributed by atoms with Crippen LogP contribution in [0.25, 0.3) is 0 Å². The molecule has 0 aromatic heterocycles. The normalized spacial score (nSPS) is 18.9. The minimum atomic E-state index is -3.86. The Balaban J connectivity index is 2.36. The van der Waals surface area contributed by atoms with Crippen LogP contribution in [-0.2, 0) is 14.8 Å². The molecule has 1 aromatic rings. The molecule has 7 nitrogen and oxygen atoms in total. The number of sulfonamides is 1. The minimum absolute atomic E-state index is 0.104. The zero-order chi connectivity index (χ0) is 13.3. The van der Waals surface area contributed by atoms with E-state index in [0.717, 1.165) is 4.31 Å². The van der Waals surface area contributed by atoms with Crippen molar-refractivity contribution in [2.45, 2.75) is 11.0 Å². The molecule has 1 unspecified atom stereocenters. The van der Waals surface area contributed by atoms with Crippen LogP contribution in [0.5, 0.6) is 0 Å². The van der Waals surface area contributed by atoms with Crippen molar-refractivity contribution < 1.29 is 18.1 Å². The van der Waals surface area contributed by atoms with Crippen molar-refractivity contribution in [1.29, 1.82) is 0 Å². The van der Waals surface area contributed by atoms with Crippen molar-refractivity contribution in [2.75, 3.05) is 20.2 Å². The quantitative estimate of drug-likeness (QED) is 0.445. The molecule has 1 aliphatic rings. The number of nitro groups is 1. The van der Waals surface area contributed by atoms with Crippen LogP contribution in [0.4, 0.5) is 5.69 Å². The summed E-state index contributed by atoms with van der Waals surface area (Å²) in [6.07, 6.45) is -0.104. The van der Waals surface area contributed by atoms with Crippen LogP contribution in [0.15, 0.2) is 29.2 Å². The third-order valence-electron chi connectivity index (χ3n) is 2.61. The largest absolute Gasteiger partial charge is 0.372 e. The van der Waals surface area contributed by atoms with Gasteiger partial charge in [0.1, 0.15) is 0 Å². The lowest BCUT2D eigenvalue weighted by atomic mass is 10.3. The fourth-order valence-corrected chi connectivity index (χ4v) is 2.91. The lowest BCUT2D eigenvalue weighted by Gasteiger charge is -2.15. The summed E-state index contributed by atoms with van der Waals surface area (Å²) in [6, 6.07) is 5.30. The van der Waals surface area contributed by atoms with Gasteiger partial charge < -0.3 is 4.74 Å². The van der Waals surface area contributed by atoms with Crippen LogP contribution in [0.1, 0.15) is 0 Å². The van der Waals surface area contributed by atoms with Crippen molar-refractivity contribution >= 4 is 15.7 Å². The number of rotatable bonds is 5. The highest BCUT2D eigenvalue weighted by Crippen LogP contribution is 2.26. The first-order chi connectivity index (χ1) is 8.43. The standard InChI is InChI=1S/C10H12N2O5S/c1-11(6-8-7-17-8)18(15,16)10-5-3-2-4-9(10)12(13)14/h2-5,8H,6-7H2,1H3. The minimum Gasteiger partial charge on any atom is -0.372 e. The Hall–Kier alpha value is -1.51. The predicted molar refractivity (Wildman–Crippen MR) is 62.7 cm³/mol. The Morgan fingerprint density at radius 2 is 2.11 bits per heavy atom. The molecule has 0 amide bonds. The van der Waals surface area contributed by atoms with Gasteiger partial charge >= 0.3 is 0 Å². The van der Waals surface area contributed by atoms with E-state index in [-0.39, 0.29) is 17.5 Å². The van der Waals surface area contributed by atoms with E-state index in [4.69, 9.17) is 4.74 Å². The third kappa shape index (κ3) is 2.50. The maximum absolute atomic E-state index is 12.2. The average molecular weight is 272 g/mol. The molecule has 1 atom stereocenters. The lowest BCUT2D eigenvalue weighted by molar-refractivity contribution is -0.387. The topological polar surface area (TPSA) is 93.1 Å². The second-order valence-electron chi connectivity index (χ2n) is 3.97. The molecule has 18 heavy (non-hydrogen) atoms. The number of para-hydroxylation sites is 1. The van der Waals surface area contributed by atoms with Gasteiger partial charge in [0.2, 0.25) is 10.0 Å². The monoisotopic (exact) mass is 272 g/mol. The number of nitro benzene ring substituents is 1. The Labute approximate surface area is 104 Å². The number of epoxide rings is 1. The Morgan fingerprint density at radius 1 is 1.50 bits per heavy atom. The zero-order valence-corrected chi connectivity index (χ0v) is 10.5. The van der Waals surface area contributed by atoms with Gasteiger partial charge in [-0.05, 0) is 6.07 Å². The van der Waals surface area contributed by atoms with Crippen LogP contribution in [-0.4, -0.2) is 43.9 Å². The number of likely N-dealkylation sites (N-methyl/N-ethyl adjacent to an activating group) is 1. The highest BCUT2D eigenvalue weighted by Gasteiger charge is 2.33. The first-order valence-electron chi connectivity index (χ1n) is 5.24. The molecule has 0 aliphatic carbocycles. The molecule has 0 radical (unpaired) electrons. The fourth-order valence-electron chi connectivity index (χ4n) is 1.55. The van der Waals surface area contributed by atoms with Gasteiger partial charge in [0, 0.05) is 19.7 Å². The summed E-state index contributed by atoms with van der Waals surface area (Å²) >= 11 is 0. The summed E-state index contributed by atoms with van der Waals surface area (Å²) in [7, 11) is -2.48. The SMILES string of the molecule is CN(CC1CO1)S(=O)(=O)c1ccccc1[N+](=O)[O-]. The van der Waals surface area contributed by atoms with Gasteiger partial charge in [-0.25, -0.2) is 8.42 Å². The second kappa shape index (κ2) is 4.63. The van der Waals surface area contributed by atoms with Crippen molar-refractivity contribution in [2.24, 2.45) is 0 Å². The smallest absolute Gasteiger partial charge is 0.289 e. The van der Waals surface area contributed by atoms with Gasteiger partial charge in [0.15, 0.2) is 4.90 Å². The molecule has 0 N–H and O–H groups in total.